The van der Waals surface area contributed by atoms with Crippen molar-refractivity contribution in [1.82, 2.24) is 5.32 Å². The Morgan fingerprint density at radius 1 is 1.41 bits per heavy atom. The van der Waals surface area contributed by atoms with Crippen LogP contribution in [0.15, 0.2) is 22.7 Å². The van der Waals surface area contributed by atoms with Gasteiger partial charge in [-0.1, -0.05) is 22.9 Å². The van der Waals surface area contributed by atoms with Crippen LogP contribution < -0.4 is 5.32 Å². The van der Waals surface area contributed by atoms with Crippen LogP contribution >= 0.6 is 15.9 Å². The van der Waals surface area contributed by atoms with Crippen molar-refractivity contribution in [3.63, 3.8) is 0 Å². The molecule has 1 N–H and O–H groups in total. The van der Waals surface area contributed by atoms with Gasteiger partial charge in [-0.2, -0.15) is 0 Å². The molecule has 0 fully saturated rings. The van der Waals surface area contributed by atoms with Gasteiger partial charge in [0.1, 0.15) is 5.82 Å². The van der Waals surface area contributed by atoms with E-state index in [1.807, 2.05) is 20.8 Å². The van der Waals surface area contributed by atoms with Crippen molar-refractivity contribution in [1.29, 1.82) is 0 Å². The van der Waals surface area contributed by atoms with Crippen molar-refractivity contribution >= 4 is 15.9 Å². The van der Waals surface area contributed by atoms with Crippen LogP contribution in [0.2, 0.25) is 0 Å². The molecule has 0 aliphatic carbocycles. The molecule has 1 rings (SSSR count). The zero-order valence-corrected chi connectivity index (χ0v) is 12.1. The second-order valence-electron chi connectivity index (χ2n) is 3.86. The maximum atomic E-state index is 13.8. The van der Waals surface area contributed by atoms with Gasteiger partial charge >= 0.3 is 0 Å². The van der Waals surface area contributed by atoms with Crippen LogP contribution in [0.1, 0.15) is 32.4 Å². The fraction of sp³-hybridized carbons (Fsp3) is 0.538. The van der Waals surface area contributed by atoms with Crippen molar-refractivity contribution in [2.24, 2.45) is 0 Å². The lowest BCUT2D eigenvalue weighted by Gasteiger charge is -2.25. The van der Waals surface area contributed by atoms with Gasteiger partial charge in [0.05, 0.1) is 12.1 Å². The fourth-order valence-electron chi connectivity index (χ4n) is 1.86. The Morgan fingerprint density at radius 2 is 2.12 bits per heavy atom. The van der Waals surface area contributed by atoms with E-state index in [1.54, 1.807) is 12.1 Å². The quantitative estimate of drug-likeness (QED) is 0.866. The molecular formula is C13H19BrFNO. The van der Waals surface area contributed by atoms with Gasteiger partial charge in [-0.05, 0) is 38.6 Å². The topological polar surface area (TPSA) is 21.3 Å². The highest BCUT2D eigenvalue weighted by Crippen LogP contribution is 2.25. The van der Waals surface area contributed by atoms with E-state index in [0.29, 0.717) is 12.2 Å². The number of hydrogen-bond acceptors (Lipinski definition) is 2. The Morgan fingerprint density at radius 3 is 2.71 bits per heavy atom. The van der Waals surface area contributed by atoms with Crippen molar-refractivity contribution in [2.45, 2.75) is 32.9 Å². The highest BCUT2D eigenvalue weighted by molar-refractivity contribution is 9.10. The van der Waals surface area contributed by atoms with Gasteiger partial charge in [-0.15, -0.1) is 0 Å². The van der Waals surface area contributed by atoms with Crippen LogP contribution in [-0.2, 0) is 4.74 Å². The maximum absolute atomic E-state index is 13.8. The van der Waals surface area contributed by atoms with Gasteiger partial charge < -0.3 is 10.1 Å². The number of hydrogen-bond donors (Lipinski definition) is 1. The summed E-state index contributed by atoms with van der Waals surface area (Å²) in [7, 11) is 0. The van der Waals surface area contributed by atoms with E-state index < -0.39 is 0 Å². The SMILES string of the molecule is CCNC(c1cc(Br)ccc1F)C(C)OCC. The van der Waals surface area contributed by atoms with E-state index in [-0.39, 0.29) is 18.0 Å². The molecule has 2 unspecified atom stereocenters. The molecule has 0 heterocycles. The monoisotopic (exact) mass is 303 g/mol. The summed E-state index contributed by atoms with van der Waals surface area (Å²) in [4.78, 5) is 0. The Kier molecular flexibility index (Phi) is 6.09. The molecule has 1 aromatic rings. The second kappa shape index (κ2) is 7.09. The minimum atomic E-state index is -0.203. The summed E-state index contributed by atoms with van der Waals surface area (Å²) in [5.74, 6) is -0.203. The third-order valence-corrected chi connectivity index (χ3v) is 3.11. The first kappa shape index (κ1) is 14.6. The van der Waals surface area contributed by atoms with Gasteiger partial charge in [-0.25, -0.2) is 4.39 Å². The molecule has 0 saturated carbocycles. The third kappa shape index (κ3) is 4.05. The molecule has 0 spiro atoms. The number of likely N-dealkylation sites (N-methyl/N-ethyl adjacent to an activating group) is 1. The first-order valence-corrected chi connectivity index (χ1v) is 6.69. The van der Waals surface area contributed by atoms with E-state index in [0.717, 1.165) is 11.0 Å². The summed E-state index contributed by atoms with van der Waals surface area (Å²) >= 11 is 3.37. The molecule has 0 aliphatic heterocycles. The minimum absolute atomic E-state index is 0.0660. The molecular weight excluding hydrogens is 285 g/mol. The van der Waals surface area contributed by atoms with Crippen molar-refractivity contribution in [2.75, 3.05) is 13.2 Å². The highest BCUT2D eigenvalue weighted by atomic mass is 79.9. The lowest BCUT2D eigenvalue weighted by atomic mass is 10.0. The zero-order chi connectivity index (χ0) is 12.8. The predicted octanol–water partition coefficient (Wildman–Crippen LogP) is 3.66. The summed E-state index contributed by atoms with van der Waals surface area (Å²) in [6.07, 6.45) is -0.0660. The van der Waals surface area contributed by atoms with E-state index in [9.17, 15) is 4.39 Å². The number of ether oxygens (including phenoxy) is 1. The molecule has 0 amide bonds. The smallest absolute Gasteiger partial charge is 0.128 e. The molecule has 4 heteroatoms. The number of halogens is 2. The summed E-state index contributed by atoms with van der Waals surface area (Å²) in [6.45, 7) is 7.29. The van der Waals surface area contributed by atoms with Crippen molar-refractivity contribution < 1.29 is 9.13 Å². The fourth-order valence-corrected chi connectivity index (χ4v) is 2.24. The first-order chi connectivity index (χ1) is 8.10. The standard InChI is InChI=1S/C13H19BrFNO/c1-4-16-13(9(3)17-5-2)11-8-10(14)6-7-12(11)15/h6-9,13,16H,4-5H2,1-3H3. The van der Waals surface area contributed by atoms with Crippen molar-refractivity contribution in [3.05, 3.63) is 34.1 Å². The summed E-state index contributed by atoms with van der Waals surface area (Å²) < 4.78 is 20.3. The van der Waals surface area contributed by atoms with Gasteiger partial charge in [0.25, 0.3) is 0 Å². The molecule has 2 atom stereocenters. The first-order valence-electron chi connectivity index (χ1n) is 5.90. The van der Waals surface area contributed by atoms with E-state index in [4.69, 9.17) is 4.74 Å². The largest absolute Gasteiger partial charge is 0.377 e. The number of benzene rings is 1. The van der Waals surface area contributed by atoms with E-state index in [1.165, 1.54) is 6.07 Å². The summed E-state index contributed by atoms with van der Waals surface area (Å²) in [5.41, 5.74) is 0.641. The lowest BCUT2D eigenvalue weighted by Crippen LogP contribution is -2.32. The maximum Gasteiger partial charge on any atom is 0.128 e. The van der Waals surface area contributed by atoms with Gasteiger partial charge in [0, 0.05) is 16.6 Å². The molecule has 0 aliphatic rings. The molecule has 2 nitrogen and oxygen atoms in total. The number of nitrogens with one attached hydrogen (secondary N) is 1. The van der Waals surface area contributed by atoms with Crippen LogP contribution in [0, 0.1) is 5.82 Å². The Hall–Kier alpha value is -0.450. The van der Waals surface area contributed by atoms with Crippen LogP contribution in [0.5, 0.6) is 0 Å². The average Bonchev–Trinajstić information content (AvgIpc) is 2.30. The molecule has 1 aromatic carbocycles. The minimum Gasteiger partial charge on any atom is -0.377 e. The number of rotatable bonds is 6. The highest BCUT2D eigenvalue weighted by Gasteiger charge is 2.21. The van der Waals surface area contributed by atoms with Crippen LogP contribution in [0.25, 0.3) is 0 Å². The summed E-state index contributed by atoms with van der Waals surface area (Å²) in [5, 5.41) is 3.27. The molecule has 0 bridgehead atoms. The average molecular weight is 304 g/mol. The molecule has 17 heavy (non-hydrogen) atoms. The molecule has 0 saturated heterocycles. The Bertz CT molecular complexity index is 359. The predicted molar refractivity (Wildman–Crippen MR) is 71.6 cm³/mol. The molecule has 0 aromatic heterocycles. The Balaban J connectivity index is 2.99. The second-order valence-corrected chi connectivity index (χ2v) is 4.78. The van der Waals surface area contributed by atoms with Gasteiger partial charge in [-0.3, -0.25) is 0 Å². The van der Waals surface area contributed by atoms with Crippen molar-refractivity contribution in [3.8, 4) is 0 Å². The Labute approximate surface area is 111 Å². The third-order valence-electron chi connectivity index (χ3n) is 2.62. The molecule has 0 radical (unpaired) electrons. The van der Waals surface area contributed by atoms with Crippen LogP contribution in [0.3, 0.4) is 0 Å². The van der Waals surface area contributed by atoms with Crippen LogP contribution in [-0.4, -0.2) is 19.3 Å². The van der Waals surface area contributed by atoms with Gasteiger partial charge in [0.2, 0.25) is 0 Å². The molecule has 96 valence electrons. The lowest BCUT2D eigenvalue weighted by molar-refractivity contribution is 0.0467. The summed E-state index contributed by atoms with van der Waals surface area (Å²) in [6, 6.07) is 4.85. The normalized spacial score (nSPS) is 14.6. The van der Waals surface area contributed by atoms with Crippen LogP contribution in [0.4, 0.5) is 4.39 Å². The van der Waals surface area contributed by atoms with E-state index >= 15 is 0 Å². The van der Waals surface area contributed by atoms with E-state index in [2.05, 4.69) is 21.2 Å². The van der Waals surface area contributed by atoms with Gasteiger partial charge in [0.15, 0.2) is 0 Å². The zero-order valence-electron chi connectivity index (χ0n) is 10.5.